The topological polar surface area (TPSA) is 130 Å². The lowest BCUT2D eigenvalue weighted by Gasteiger charge is -2.18. The van der Waals surface area contributed by atoms with E-state index in [2.05, 4.69) is 5.32 Å². The summed E-state index contributed by atoms with van der Waals surface area (Å²) >= 11 is 5.10. The summed E-state index contributed by atoms with van der Waals surface area (Å²) in [7, 11) is 0. The van der Waals surface area contributed by atoms with Crippen LogP contribution in [0.4, 0.5) is 5.69 Å². The third kappa shape index (κ3) is 6.49. The van der Waals surface area contributed by atoms with Crippen molar-refractivity contribution in [2.45, 2.75) is 20.0 Å². The zero-order valence-corrected chi connectivity index (χ0v) is 21.1. The number of anilines is 1. The lowest BCUT2D eigenvalue weighted by atomic mass is 10.1. The largest absolute Gasteiger partial charge is 0.478 e. The van der Waals surface area contributed by atoms with Gasteiger partial charge in [0, 0.05) is 10.5 Å². The first-order valence-corrected chi connectivity index (χ1v) is 9.37. The van der Waals surface area contributed by atoms with Gasteiger partial charge in [-0.05, 0) is 74.7 Å². The maximum absolute atomic E-state index is 12.1. The minimum absolute atomic E-state index is 0. The summed E-state index contributed by atoms with van der Waals surface area (Å²) in [5, 5.41) is 21.1. The molecular weight excluding hydrogens is 734 g/mol. The maximum atomic E-state index is 12.1. The number of benzene rings is 1. The normalized spacial score (nSPS) is 10.7. The molecule has 1 aromatic rings. The number of amides is 1. The summed E-state index contributed by atoms with van der Waals surface area (Å²) in [6.45, 7) is 2.49. The van der Waals surface area contributed by atoms with Gasteiger partial charge in [-0.2, -0.15) is 0 Å². The van der Waals surface area contributed by atoms with E-state index in [-0.39, 0.29) is 52.3 Å². The van der Waals surface area contributed by atoms with Gasteiger partial charge >= 0.3 is 17.9 Å². The quantitative estimate of drug-likeness (QED) is 0.310. The number of nitrogens with one attached hydrogen (secondary N) is 1. The molecule has 3 N–H and O–H groups in total. The number of carboxylic acid groups (broad SMARTS) is 2. The number of carbonyl (C=O) groups is 4. The second-order valence-electron chi connectivity index (χ2n) is 4.42. The summed E-state index contributed by atoms with van der Waals surface area (Å²) < 4.78 is 5.18. The molecule has 1 amide bonds. The second kappa shape index (κ2) is 11.7. The van der Waals surface area contributed by atoms with Crippen LogP contribution in [0.25, 0.3) is 0 Å². The summed E-state index contributed by atoms with van der Waals surface area (Å²) in [4.78, 5) is 45.9. The Balaban J connectivity index is 0. The van der Waals surface area contributed by atoms with E-state index >= 15 is 0 Å². The van der Waals surface area contributed by atoms with Gasteiger partial charge in [-0.3, -0.25) is 9.59 Å². The van der Waals surface area contributed by atoms with Crippen LogP contribution in [0.5, 0.6) is 0 Å². The number of esters is 1. The van der Waals surface area contributed by atoms with Crippen LogP contribution >= 0.6 is 92.6 Å². The molecule has 1 rings (SSSR count). The number of aromatic carboxylic acids is 2. The smallest absolute Gasteiger partial charge is 0.337 e. The van der Waals surface area contributed by atoms with Crippen molar-refractivity contribution in [2.24, 2.45) is 0 Å². The molecule has 0 aromatic heterocycles. The number of hydrogen-bond donors (Lipinski definition) is 3. The van der Waals surface area contributed by atoms with E-state index in [0.717, 1.165) is 6.92 Å². The minimum Gasteiger partial charge on any atom is -0.478 e. The number of hydrogen-bond acceptors (Lipinski definition) is 5. The Morgan fingerprint density at radius 2 is 1.31 bits per heavy atom. The molecule has 0 spiro atoms. The predicted molar refractivity (Wildman–Crippen MR) is 123 cm³/mol. The van der Waals surface area contributed by atoms with E-state index in [0.29, 0.717) is 0 Å². The highest BCUT2D eigenvalue weighted by molar-refractivity contribution is 14.1. The highest BCUT2D eigenvalue weighted by Gasteiger charge is 2.29. The first-order chi connectivity index (χ1) is 11.0. The summed E-state index contributed by atoms with van der Waals surface area (Å²) in [6, 6.07) is 0. The van der Waals surface area contributed by atoms with Gasteiger partial charge in [0.15, 0.2) is 6.10 Å². The SMILES string of the molecule is CC(=O)O[C@@H](C)C(=O)Nc1c(I)c(C(=O)O)c(I)c(C(=O)O)c1I.Cl.Cl. The van der Waals surface area contributed by atoms with Gasteiger partial charge in [-0.25, -0.2) is 9.59 Å². The molecule has 0 saturated heterocycles. The molecule has 26 heavy (non-hydrogen) atoms. The molecule has 0 aliphatic carbocycles. The van der Waals surface area contributed by atoms with Crippen molar-refractivity contribution in [3.05, 3.63) is 21.8 Å². The first-order valence-electron chi connectivity index (χ1n) is 6.14. The number of ether oxygens (including phenoxy) is 1. The van der Waals surface area contributed by atoms with Gasteiger partial charge in [0.1, 0.15) is 0 Å². The van der Waals surface area contributed by atoms with E-state index in [9.17, 15) is 29.4 Å². The van der Waals surface area contributed by atoms with Gasteiger partial charge in [-0.1, -0.05) is 0 Å². The average Bonchev–Trinajstić information content (AvgIpc) is 2.41. The summed E-state index contributed by atoms with van der Waals surface area (Å²) in [5.41, 5.74) is -0.385. The Hall–Kier alpha value is -0.130. The molecule has 0 aliphatic rings. The van der Waals surface area contributed by atoms with E-state index < -0.39 is 29.9 Å². The van der Waals surface area contributed by atoms with Crippen molar-refractivity contribution in [1.29, 1.82) is 0 Å². The molecule has 146 valence electrons. The Bertz CT molecular complexity index is 717. The van der Waals surface area contributed by atoms with Gasteiger partial charge in [0.05, 0.1) is 24.0 Å². The average molecular weight is 746 g/mol. The fourth-order valence-electron chi connectivity index (χ4n) is 1.68. The molecule has 13 heteroatoms. The predicted octanol–water partition coefficient (Wildman–Crippen LogP) is 3.63. The van der Waals surface area contributed by atoms with Crippen LogP contribution in [0.1, 0.15) is 34.6 Å². The van der Waals surface area contributed by atoms with E-state index in [4.69, 9.17) is 4.74 Å². The number of rotatable bonds is 5. The minimum atomic E-state index is -1.31. The molecule has 1 atom stereocenters. The fourth-order valence-corrected chi connectivity index (χ4v) is 6.04. The zero-order valence-electron chi connectivity index (χ0n) is 13.0. The van der Waals surface area contributed by atoms with E-state index in [1.165, 1.54) is 6.92 Å². The summed E-state index contributed by atoms with van der Waals surface area (Å²) in [5.74, 6) is -3.98. The number of halogens is 5. The Labute approximate surface area is 201 Å². The lowest BCUT2D eigenvalue weighted by Crippen LogP contribution is -2.30. The number of carboxylic acids is 2. The van der Waals surface area contributed by atoms with Crippen molar-refractivity contribution >= 4 is 122 Å². The van der Waals surface area contributed by atoms with Crippen LogP contribution in [-0.4, -0.2) is 40.1 Å². The molecule has 0 radical (unpaired) electrons. The van der Waals surface area contributed by atoms with Crippen LogP contribution in [0.3, 0.4) is 0 Å². The van der Waals surface area contributed by atoms with Crippen LogP contribution in [0.2, 0.25) is 0 Å². The van der Waals surface area contributed by atoms with E-state index in [1.807, 2.05) is 0 Å². The van der Waals surface area contributed by atoms with E-state index in [1.54, 1.807) is 67.8 Å². The molecule has 0 heterocycles. The zero-order chi connectivity index (χ0) is 18.8. The molecule has 0 aliphatic heterocycles. The van der Waals surface area contributed by atoms with Crippen LogP contribution in [0, 0.1) is 10.7 Å². The van der Waals surface area contributed by atoms with Crippen LogP contribution in [-0.2, 0) is 14.3 Å². The maximum Gasteiger partial charge on any atom is 0.337 e. The second-order valence-corrected chi connectivity index (χ2v) is 7.65. The van der Waals surface area contributed by atoms with Crippen molar-refractivity contribution in [1.82, 2.24) is 0 Å². The summed E-state index contributed by atoms with van der Waals surface area (Å²) in [6.07, 6.45) is -1.12. The van der Waals surface area contributed by atoms with Crippen molar-refractivity contribution in [2.75, 3.05) is 5.32 Å². The van der Waals surface area contributed by atoms with Crippen molar-refractivity contribution in [3.63, 3.8) is 0 Å². The number of carbonyl (C=O) groups excluding carboxylic acids is 2. The molecule has 0 saturated carbocycles. The van der Waals surface area contributed by atoms with Gasteiger partial charge in [0.25, 0.3) is 5.91 Å². The molecule has 0 bridgehead atoms. The first kappa shape index (κ1) is 28.1. The Kier molecular flexibility index (Phi) is 12.6. The molecule has 1 aromatic carbocycles. The van der Waals surface area contributed by atoms with Gasteiger partial charge in [-0.15, -0.1) is 24.8 Å². The molecule has 0 unspecified atom stereocenters. The monoisotopic (exact) mass is 745 g/mol. The lowest BCUT2D eigenvalue weighted by molar-refractivity contribution is -0.150. The molecule has 8 nitrogen and oxygen atoms in total. The molecular formula is C13H12Cl2I3NO7. The van der Waals surface area contributed by atoms with Gasteiger partial charge in [0.2, 0.25) is 0 Å². The van der Waals surface area contributed by atoms with Crippen molar-refractivity contribution < 1.29 is 34.1 Å². The Morgan fingerprint density at radius 3 is 1.62 bits per heavy atom. The van der Waals surface area contributed by atoms with Gasteiger partial charge < -0.3 is 20.3 Å². The Morgan fingerprint density at radius 1 is 0.923 bits per heavy atom. The third-order valence-corrected chi connectivity index (χ3v) is 5.94. The van der Waals surface area contributed by atoms with Crippen LogP contribution < -0.4 is 5.32 Å². The van der Waals surface area contributed by atoms with Crippen molar-refractivity contribution in [3.8, 4) is 0 Å². The third-order valence-electron chi connectivity index (χ3n) is 2.70. The standard InChI is InChI=1S/C13H10I3NO7.2ClH/c1-3(24-4(2)18)11(19)17-10-8(15)5(12(20)21)7(14)6(9(10)16)13(22)23;;/h3H,1-2H3,(H,17,19)(H,20,21)(H,22,23);2*1H/t3-;;/m0../s1. The van der Waals surface area contributed by atoms with Crippen LogP contribution in [0.15, 0.2) is 0 Å². The highest BCUT2D eigenvalue weighted by atomic mass is 127. The highest BCUT2D eigenvalue weighted by Crippen LogP contribution is 2.35. The fraction of sp³-hybridized carbons (Fsp3) is 0.231. The molecule has 0 fully saturated rings.